The van der Waals surface area contributed by atoms with Gasteiger partial charge in [-0.2, -0.15) is 4.98 Å². The van der Waals surface area contributed by atoms with E-state index in [1.54, 1.807) is 18.2 Å². The third kappa shape index (κ3) is 2.44. The Morgan fingerprint density at radius 1 is 1.35 bits per heavy atom. The molecule has 2 N–H and O–H groups in total. The highest BCUT2D eigenvalue weighted by atomic mass is 35.5. The largest absolute Gasteiger partial charge is 0.334 e. The molecule has 0 saturated carbocycles. The van der Waals surface area contributed by atoms with Crippen LogP contribution in [0.4, 0.5) is 0 Å². The maximum Gasteiger partial charge on any atom is 0.260 e. The van der Waals surface area contributed by atoms with E-state index in [9.17, 15) is 0 Å². The highest BCUT2D eigenvalue weighted by Gasteiger charge is 2.17. The lowest BCUT2D eigenvalue weighted by atomic mass is 10.2. The quantitative estimate of drug-likeness (QED) is 0.932. The molecule has 1 heterocycles. The zero-order valence-electron chi connectivity index (χ0n) is 9.15. The van der Waals surface area contributed by atoms with Crippen molar-refractivity contribution in [1.29, 1.82) is 0 Å². The van der Waals surface area contributed by atoms with E-state index in [-0.39, 0.29) is 5.92 Å². The smallest absolute Gasteiger partial charge is 0.260 e. The number of halogens is 2. The third-order valence-electron chi connectivity index (χ3n) is 2.41. The second kappa shape index (κ2) is 5.04. The van der Waals surface area contributed by atoms with Crippen LogP contribution < -0.4 is 5.73 Å². The number of nitrogens with zero attached hydrogens (tertiary/aromatic N) is 2. The summed E-state index contributed by atoms with van der Waals surface area (Å²) in [5.41, 5.74) is 6.09. The fourth-order valence-corrected chi connectivity index (χ4v) is 1.90. The Morgan fingerprint density at radius 2 is 2.00 bits per heavy atom. The molecule has 1 aromatic carbocycles. The van der Waals surface area contributed by atoms with E-state index in [0.717, 1.165) is 0 Å². The van der Waals surface area contributed by atoms with Crippen molar-refractivity contribution in [3.63, 3.8) is 0 Å². The predicted octanol–water partition coefficient (Wildman–Crippen LogP) is 3.11. The van der Waals surface area contributed by atoms with Gasteiger partial charge < -0.3 is 10.3 Å². The van der Waals surface area contributed by atoms with E-state index in [1.807, 2.05) is 6.92 Å². The summed E-state index contributed by atoms with van der Waals surface area (Å²) in [7, 11) is 0. The topological polar surface area (TPSA) is 64.9 Å². The van der Waals surface area contributed by atoms with E-state index < -0.39 is 0 Å². The molecule has 0 spiro atoms. The molecule has 6 heteroatoms. The van der Waals surface area contributed by atoms with Crippen molar-refractivity contribution in [2.75, 3.05) is 6.54 Å². The fourth-order valence-electron chi connectivity index (χ4n) is 1.34. The van der Waals surface area contributed by atoms with Crippen LogP contribution >= 0.6 is 23.2 Å². The van der Waals surface area contributed by atoms with Gasteiger partial charge in [0.05, 0.1) is 15.6 Å². The molecule has 1 atom stereocenters. The second-order valence-electron chi connectivity index (χ2n) is 3.69. The lowest BCUT2D eigenvalue weighted by Crippen LogP contribution is -2.10. The molecule has 0 aliphatic rings. The maximum atomic E-state index is 6.05. The molecule has 1 unspecified atom stereocenters. The Hall–Kier alpha value is -1.10. The van der Waals surface area contributed by atoms with Gasteiger partial charge >= 0.3 is 0 Å². The van der Waals surface area contributed by atoms with Gasteiger partial charge in [0.1, 0.15) is 0 Å². The SMILES string of the molecule is CC(CN)c1noc(-c2c(Cl)cccc2Cl)n1. The predicted molar refractivity (Wildman–Crippen MR) is 67.2 cm³/mol. The van der Waals surface area contributed by atoms with Crippen molar-refractivity contribution in [2.24, 2.45) is 5.73 Å². The van der Waals surface area contributed by atoms with Crippen molar-refractivity contribution in [2.45, 2.75) is 12.8 Å². The van der Waals surface area contributed by atoms with Crippen molar-refractivity contribution >= 4 is 23.2 Å². The van der Waals surface area contributed by atoms with Crippen LogP contribution in [0.25, 0.3) is 11.5 Å². The molecule has 90 valence electrons. The first-order valence-electron chi connectivity index (χ1n) is 5.11. The van der Waals surface area contributed by atoms with Gasteiger partial charge in [-0.1, -0.05) is 41.3 Å². The third-order valence-corrected chi connectivity index (χ3v) is 3.04. The van der Waals surface area contributed by atoms with Crippen LogP contribution in [0.15, 0.2) is 22.7 Å². The Kier molecular flexibility index (Phi) is 3.66. The molecule has 0 saturated heterocycles. The average Bonchev–Trinajstić information content (AvgIpc) is 2.77. The first-order chi connectivity index (χ1) is 8.13. The summed E-state index contributed by atoms with van der Waals surface area (Å²) in [4.78, 5) is 4.25. The van der Waals surface area contributed by atoms with Crippen molar-refractivity contribution in [3.05, 3.63) is 34.1 Å². The Bertz CT molecular complexity index is 507. The minimum Gasteiger partial charge on any atom is -0.334 e. The van der Waals surface area contributed by atoms with Gasteiger partial charge in [0, 0.05) is 12.5 Å². The lowest BCUT2D eigenvalue weighted by molar-refractivity contribution is 0.418. The Balaban J connectivity index is 2.44. The standard InChI is InChI=1S/C11H11Cl2N3O/c1-6(5-14)10-15-11(17-16-10)9-7(12)3-2-4-8(9)13/h2-4,6H,5,14H2,1H3. The van der Waals surface area contributed by atoms with Crippen LogP contribution in [0.3, 0.4) is 0 Å². The van der Waals surface area contributed by atoms with Crippen molar-refractivity contribution in [3.8, 4) is 11.5 Å². The number of rotatable bonds is 3. The van der Waals surface area contributed by atoms with Crippen LogP contribution in [-0.2, 0) is 0 Å². The summed E-state index contributed by atoms with van der Waals surface area (Å²) in [6.45, 7) is 2.37. The van der Waals surface area contributed by atoms with Crippen LogP contribution in [0.5, 0.6) is 0 Å². The highest BCUT2D eigenvalue weighted by molar-refractivity contribution is 6.38. The summed E-state index contributed by atoms with van der Waals surface area (Å²) in [5.74, 6) is 0.906. The number of hydrogen-bond acceptors (Lipinski definition) is 4. The van der Waals surface area contributed by atoms with Gasteiger partial charge in [-0.15, -0.1) is 0 Å². The molecule has 0 radical (unpaired) electrons. The molecule has 2 aromatic rings. The maximum absolute atomic E-state index is 6.05. The summed E-state index contributed by atoms with van der Waals surface area (Å²) >= 11 is 12.1. The minimum absolute atomic E-state index is 0.0359. The van der Waals surface area contributed by atoms with Crippen molar-refractivity contribution < 1.29 is 4.52 Å². The molecule has 0 amide bonds. The molecule has 0 aliphatic heterocycles. The van der Waals surface area contributed by atoms with E-state index >= 15 is 0 Å². The first-order valence-corrected chi connectivity index (χ1v) is 5.87. The fraction of sp³-hybridized carbons (Fsp3) is 0.273. The lowest BCUT2D eigenvalue weighted by Gasteiger charge is -2.01. The van der Waals surface area contributed by atoms with Crippen LogP contribution in [0.2, 0.25) is 10.0 Å². The molecule has 0 bridgehead atoms. The van der Waals surface area contributed by atoms with E-state index in [4.69, 9.17) is 33.5 Å². The Labute approximate surface area is 109 Å². The number of benzene rings is 1. The van der Waals surface area contributed by atoms with Gasteiger partial charge in [-0.3, -0.25) is 0 Å². The van der Waals surface area contributed by atoms with Gasteiger partial charge in [-0.25, -0.2) is 0 Å². The van der Waals surface area contributed by atoms with Crippen molar-refractivity contribution in [1.82, 2.24) is 10.1 Å². The molecular weight excluding hydrogens is 261 g/mol. The van der Waals surface area contributed by atoms with E-state index in [1.165, 1.54) is 0 Å². The first kappa shape index (κ1) is 12.4. The highest BCUT2D eigenvalue weighted by Crippen LogP contribution is 2.33. The summed E-state index contributed by atoms with van der Waals surface area (Å²) < 4.78 is 5.15. The van der Waals surface area contributed by atoms with Gasteiger partial charge in [0.25, 0.3) is 5.89 Å². The summed E-state index contributed by atoms with van der Waals surface area (Å²) in [6, 6.07) is 5.20. The van der Waals surface area contributed by atoms with Gasteiger partial charge in [-0.05, 0) is 12.1 Å². The van der Waals surface area contributed by atoms with Crippen LogP contribution in [0, 0.1) is 0 Å². The molecule has 1 aromatic heterocycles. The molecule has 0 fully saturated rings. The van der Waals surface area contributed by atoms with E-state index in [0.29, 0.717) is 33.9 Å². The molecule has 0 aliphatic carbocycles. The number of hydrogen-bond donors (Lipinski definition) is 1. The minimum atomic E-state index is 0.0359. The number of nitrogens with two attached hydrogens (primary N) is 1. The van der Waals surface area contributed by atoms with Crippen LogP contribution in [-0.4, -0.2) is 16.7 Å². The van der Waals surface area contributed by atoms with Crippen LogP contribution in [0.1, 0.15) is 18.7 Å². The van der Waals surface area contributed by atoms with E-state index in [2.05, 4.69) is 10.1 Å². The molecule has 4 nitrogen and oxygen atoms in total. The van der Waals surface area contributed by atoms with Gasteiger partial charge in [0.15, 0.2) is 5.82 Å². The van der Waals surface area contributed by atoms with Gasteiger partial charge in [0.2, 0.25) is 0 Å². The zero-order valence-corrected chi connectivity index (χ0v) is 10.7. The normalized spacial score (nSPS) is 12.7. The molecule has 2 rings (SSSR count). The number of aromatic nitrogens is 2. The second-order valence-corrected chi connectivity index (χ2v) is 4.51. The summed E-state index contributed by atoms with van der Waals surface area (Å²) in [5, 5.41) is 4.82. The molecular formula is C11H11Cl2N3O. The average molecular weight is 272 g/mol. The monoisotopic (exact) mass is 271 g/mol. The molecule has 17 heavy (non-hydrogen) atoms. The zero-order chi connectivity index (χ0) is 12.4. The Morgan fingerprint density at radius 3 is 2.59 bits per heavy atom. The summed E-state index contributed by atoms with van der Waals surface area (Å²) in [6.07, 6.45) is 0.